The lowest BCUT2D eigenvalue weighted by atomic mass is 9.80. The van der Waals surface area contributed by atoms with Crippen LogP contribution in [0.4, 0.5) is 0 Å². The fraction of sp³-hybridized carbons (Fsp3) is 0. The molecule has 12 aromatic carbocycles. The average Bonchev–Trinajstić information content (AvgIpc) is 3.69. The van der Waals surface area contributed by atoms with Crippen molar-refractivity contribution in [3.05, 3.63) is 243 Å². The molecule has 0 nitrogen and oxygen atoms in total. The first-order chi connectivity index (χ1) is 31.7. The molecule has 0 spiro atoms. The fourth-order valence-electron chi connectivity index (χ4n) is 10.6. The zero-order valence-corrected chi connectivity index (χ0v) is 35.1. The zero-order chi connectivity index (χ0) is 42.1. The maximum Gasteiger partial charge on any atom is -0.000718 e. The lowest BCUT2D eigenvalue weighted by Crippen LogP contribution is -1.96. The summed E-state index contributed by atoms with van der Waals surface area (Å²) in [6, 6.07) is 90.2. The van der Waals surface area contributed by atoms with Crippen LogP contribution >= 0.6 is 0 Å². The van der Waals surface area contributed by atoms with Gasteiger partial charge in [0.2, 0.25) is 0 Å². The fourth-order valence-corrected chi connectivity index (χ4v) is 10.6. The van der Waals surface area contributed by atoms with Crippen molar-refractivity contribution in [1.82, 2.24) is 0 Å². The molecule has 64 heavy (non-hydrogen) atoms. The SMILES string of the molecule is c1ccc(-c2cc(-c3ccccc3)cc(-c3c4c(c(-c5cc(-c6ccccc6)cc(-c6ccccc6)c5)c5cc6ccccc6cc35)-c3cc5ccccc5c5cccc-4c35)c2)cc1. The normalized spacial score (nSPS) is 11.8. The monoisotopic (exact) mass is 808 g/mol. The van der Waals surface area contributed by atoms with Crippen LogP contribution in [0.25, 0.3) is 132 Å². The summed E-state index contributed by atoms with van der Waals surface area (Å²) in [4.78, 5) is 0. The third-order valence-corrected chi connectivity index (χ3v) is 13.5. The molecule has 0 N–H and O–H groups in total. The topological polar surface area (TPSA) is 0 Å². The highest BCUT2D eigenvalue weighted by atomic mass is 14.3. The first-order valence-electron chi connectivity index (χ1n) is 22.2. The van der Waals surface area contributed by atoms with Crippen molar-refractivity contribution in [1.29, 1.82) is 0 Å². The molecule has 1 aliphatic carbocycles. The maximum atomic E-state index is 2.47. The first-order valence-corrected chi connectivity index (χ1v) is 22.2. The van der Waals surface area contributed by atoms with E-state index >= 15 is 0 Å². The van der Waals surface area contributed by atoms with Gasteiger partial charge in [0.1, 0.15) is 0 Å². The largest absolute Gasteiger partial charge is 0.0622 e. The molecular formula is C64H40. The Labute approximate surface area is 373 Å². The molecule has 0 amide bonds. The summed E-state index contributed by atoms with van der Waals surface area (Å²) in [6.45, 7) is 0. The van der Waals surface area contributed by atoms with Gasteiger partial charge in [0, 0.05) is 0 Å². The highest BCUT2D eigenvalue weighted by Crippen LogP contribution is 2.59. The molecule has 12 aromatic rings. The Morgan fingerprint density at radius 1 is 0.172 bits per heavy atom. The molecule has 0 atom stereocenters. The molecule has 0 heterocycles. The Hall–Kier alpha value is -8.32. The molecule has 0 saturated heterocycles. The van der Waals surface area contributed by atoms with Crippen LogP contribution in [-0.2, 0) is 0 Å². The van der Waals surface area contributed by atoms with E-state index in [2.05, 4.69) is 243 Å². The van der Waals surface area contributed by atoms with E-state index < -0.39 is 0 Å². The Bertz CT molecular complexity index is 3670. The summed E-state index contributed by atoms with van der Waals surface area (Å²) in [5, 5.41) is 10.1. The van der Waals surface area contributed by atoms with Gasteiger partial charge in [-0.25, -0.2) is 0 Å². The van der Waals surface area contributed by atoms with Gasteiger partial charge in [-0.15, -0.1) is 0 Å². The standard InChI is InChI=1S/C64H40/c1-5-18-41(19-6-1)48-32-49(42-20-7-2-8-21-42)35-52(34-48)60-57-38-45-26-13-14-27-46(45)39-58(57)61(53-36-50(43-22-9-3-10-23-43)33-51(37-53)44-24-11-4-12-25-44)64-59-40-47-28-15-16-29-54(47)55-30-17-31-56(62(55)59)63(60)64/h1-40H. The zero-order valence-electron chi connectivity index (χ0n) is 35.1. The van der Waals surface area contributed by atoms with Crippen LogP contribution in [0, 0.1) is 0 Å². The Morgan fingerprint density at radius 2 is 0.531 bits per heavy atom. The van der Waals surface area contributed by atoms with E-state index in [-0.39, 0.29) is 0 Å². The van der Waals surface area contributed by atoms with E-state index in [1.165, 1.54) is 132 Å². The number of hydrogen-bond acceptors (Lipinski definition) is 0. The molecule has 13 rings (SSSR count). The summed E-state index contributed by atoms with van der Waals surface area (Å²) >= 11 is 0. The second kappa shape index (κ2) is 14.7. The second-order valence-electron chi connectivity index (χ2n) is 17.2. The highest BCUT2D eigenvalue weighted by molar-refractivity contribution is 6.32. The number of benzene rings is 12. The van der Waals surface area contributed by atoms with Crippen molar-refractivity contribution < 1.29 is 0 Å². The van der Waals surface area contributed by atoms with Crippen molar-refractivity contribution in [3.63, 3.8) is 0 Å². The molecule has 1 aliphatic rings. The summed E-state index contributed by atoms with van der Waals surface area (Å²) in [5.41, 5.74) is 19.7. The van der Waals surface area contributed by atoms with E-state index in [9.17, 15) is 0 Å². The molecular weight excluding hydrogens is 769 g/mol. The molecule has 0 fully saturated rings. The summed E-state index contributed by atoms with van der Waals surface area (Å²) in [7, 11) is 0. The molecule has 0 radical (unpaired) electrons. The van der Waals surface area contributed by atoms with Gasteiger partial charge in [-0.3, -0.25) is 0 Å². The second-order valence-corrected chi connectivity index (χ2v) is 17.2. The van der Waals surface area contributed by atoms with Crippen LogP contribution in [0.15, 0.2) is 243 Å². The van der Waals surface area contributed by atoms with Gasteiger partial charge in [-0.2, -0.15) is 0 Å². The third kappa shape index (κ3) is 5.84. The Kier molecular flexibility index (Phi) is 8.32. The van der Waals surface area contributed by atoms with Crippen molar-refractivity contribution in [2.75, 3.05) is 0 Å². The molecule has 0 aromatic heterocycles. The van der Waals surface area contributed by atoms with Crippen molar-refractivity contribution >= 4 is 43.1 Å². The van der Waals surface area contributed by atoms with Gasteiger partial charge in [0.25, 0.3) is 0 Å². The molecule has 0 heteroatoms. The third-order valence-electron chi connectivity index (χ3n) is 13.5. The van der Waals surface area contributed by atoms with Gasteiger partial charge < -0.3 is 0 Å². The quantitative estimate of drug-likeness (QED) is 0.116. The molecule has 296 valence electrons. The lowest BCUT2D eigenvalue weighted by Gasteiger charge is -2.23. The highest BCUT2D eigenvalue weighted by Gasteiger charge is 2.32. The van der Waals surface area contributed by atoms with Crippen molar-refractivity contribution in [2.24, 2.45) is 0 Å². The lowest BCUT2D eigenvalue weighted by molar-refractivity contribution is 1.57. The summed E-state index contributed by atoms with van der Waals surface area (Å²) in [6.07, 6.45) is 0. The van der Waals surface area contributed by atoms with Crippen molar-refractivity contribution in [2.45, 2.75) is 0 Å². The molecule has 0 unspecified atom stereocenters. The summed E-state index contributed by atoms with van der Waals surface area (Å²) in [5.74, 6) is 0. The van der Waals surface area contributed by atoms with Crippen LogP contribution in [-0.4, -0.2) is 0 Å². The van der Waals surface area contributed by atoms with E-state index in [1.54, 1.807) is 0 Å². The van der Waals surface area contributed by atoms with Crippen LogP contribution < -0.4 is 0 Å². The Balaban J connectivity index is 1.24. The van der Waals surface area contributed by atoms with Gasteiger partial charge >= 0.3 is 0 Å². The number of fused-ring (bicyclic) bond motifs is 7. The van der Waals surface area contributed by atoms with E-state index in [1.807, 2.05) is 0 Å². The first kappa shape index (κ1) is 36.3. The molecule has 0 bridgehead atoms. The summed E-state index contributed by atoms with van der Waals surface area (Å²) < 4.78 is 0. The predicted octanol–water partition coefficient (Wildman–Crippen LogP) is 17.9. The number of rotatable bonds is 6. The smallest absolute Gasteiger partial charge is 0.000718 e. The van der Waals surface area contributed by atoms with E-state index in [0.717, 1.165) is 0 Å². The van der Waals surface area contributed by atoms with Crippen LogP contribution in [0.5, 0.6) is 0 Å². The minimum Gasteiger partial charge on any atom is -0.0622 e. The van der Waals surface area contributed by atoms with Crippen molar-refractivity contribution in [3.8, 4) is 89.0 Å². The average molecular weight is 809 g/mol. The molecule has 0 aliphatic heterocycles. The van der Waals surface area contributed by atoms with E-state index in [4.69, 9.17) is 0 Å². The minimum absolute atomic E-state index is 1.20. The van der Waals surface area contributed by atoms with Gasteiger partial charge in [-0.1, -0.05) is 188 Å². The molecule has 0 saturated carbocycles. The van der Waals surface area contributed by atoms with Gasteiger partial charge in [0.05, 0.1) is 0 Å². The number of hydrogen-bond donors (Lipinski definition) is 0. The van der Waals surface area contributed by atoms with Gasteiger partial charge in [0.15, 0.2) is 0 Å². The predicted molar refractivity (Wildman–Crippen MR) is 274 cm³/mol. The van der Waals surface area contributed by atoms with E-state index in [0.29, 0.717) is 0 Å². The maximum absolute atomic E-state index is 2.47. The van der Waals surface area contributed by atoms with Crippen LogP contribution in [0.2, 0.25) is 0 Å². The minimum atomic E-state index is 1.20. The van der Waals surface area contributed by atoms with Crippen LogP contribution in [0.3, 0.4) is 0 Å². The van der Waals surface area contributed by atoms with Crippen LogP contribution in [0.1, 0.15) is 0 Å². The Morgan fingerprint density at radius 3 is 0.984 bits per heavy atom. The van der Waals surface area contributed by atoms with Gasteiger partial charge in [-0.05, 0) is 187 Å².